The first kappa shape index (κ1) is 17.9. The number of halogens is 2. The predicted octanol–water partition coefficient (Wildman–Crippen LogP) is 2.96. The Balaban J connectivity index is 1.99. The molecule has 2 amide bonds. The maximum absolute atomic E-state index is 13.5. The lowest BCUT2D eigenvalue weighted by Crippen LogP contribution is -2.16. The predicted molar refractivity (Wildman–Crippen MR) is 91.4 cm³/mol. The number of hydrogen-bond acceptors (Lipinski definition) is 5. The number of anilines is 2. The zero-order chi connectivity index (χ0) is 19.7. The van der Waals surface area contributed by atoms with Gasteiger partial charge in [-0.05, 0) is 6.07 Å². The van der Waals surface area contributed by atoms with Gasteiger partial charge < -0.3 is 10.6 Å². The van der Waals surface area contributed by atoms with Gasteiger partial charge in [-0.25, -0.2) is 8.78 Å². The van der Waals surface area contributed by atoms with Gasteiger partial charge in [0, 0.05) is 36.6 Å². The van der Waals surface area contributed by atoms with Crippen LogP contribution in [0.4, 0.5) is 25.8 Å². The van der Waals surface area contributed by atoms with E-state index in [2.05, 4.69) is 20.8 Å². The smallest absolute Gasteiger partial charge is 0.276 e. The average molecular weight is 375 g/mol. The highest BCUT2D eigenvalue weighted by Gasteiger charge is 2.20. The second-order valence-electron chi connectivity index (χ2n) is 5.51. The van der Waals surface area contributed by atoms with Crippen molar-refractivity contribution >= 4 is 39.8 Å². The molecule has 0 fully saturated rings. The van der Waals surface area contributed by atoms with Crippen LogP contribution in [0.3, 0.4) is 0 Å². The molecule has 1 aromatic heterocycles. The van der Waals surface area contributed by atoms with Gasteiger partial charge in [0.25, 0.3) is 11.6 Å². The Bertz CT molecular complexity index is 1100. The number of benzene rings is 2. The SMILES string of the molecule is CC(=O)Nc1cc(F)c(F)cc1NC(=O)c1n[nH]c2ccc([N+](=O)[O-])cc12. The van der Waals surface area contributed by atoms with Gasteiger partial charge in [0.15, 0.2) is 17.3 Å². The summed E-state index contributed by atoms with van der Waals surface area (Å²) in [4.78, 5) is 34.0. The molecule has 0 saturated carbocycles. The van der Waals surface area contributed by atoms with Gasteiger partial charge in [-0.3, -0.25) is 24.8 Å². The summed E-state index contributed by atoms with van der Waals surface area (Å²) in [6.07, 6.45) is 0. The number of aromatic amines is 1. The van der Waals surface area contributed by atoms with Crippen LogP contribution in [0.1, 0.15) is 17.4 Å². The minimum absolute atomic E-state index is 0.152. The molecule has 27 heavy (non-hydrogen) atoms. The van der Waals surface area contributed by atoms with Crippen molar-refractivity contribution in [3.63, 3.8) is 0 Å². The number of nitro groups is 1. The summed E-state index contributed by atoms with van der Waals surface area (Å²) in [5.41, 5.74) is -0.411. The molecular formula is C16H11F2N5O4. The van der Waals surface area contributed by atoms with Crippen LogP contribution in [-0.2, 0) is 4.79 Å². The van der Waals surface area contributed by atoms with Crippen molar-refractivity contribution < 1.29 is 23.3 Å². The minimum atomic E-state index is -1.23. The van der Waals surface area contributed by atoms with Gasteiger partial charge in [-0.15, -0.1) is 0 Å². The molecule has 0 spiro atoms. The topological polar surface area (TPSA) is 130 Å². The second kappa shape index (κ2) is 6.78. The third-order valence-electron chi connectivity index (χ3n) is 3.59. The zero-order valence-corrected chi connectivity index (χ0v) is 13.7. The van der Waals surface area contributed by atoms with Crippen LogP contribution < -0.4 is 10.6 Å². The van der Waals surface area contributed by atoms with Gasteiger partial charge in [-0.1, -0.05) is 0 Å². The maximum atomic E-state index is 13.5. The van der Waals surface area contributed by atoms with Crippen LogP contribution in [0.15, 0.2) is 30.3 Å². The van der Waals surface area contributed by atoms with E-state index in [1.54, 1.807) is 0 Å². The largest absolute Gasteiger partial charge is 0.324 e. The lowest BCUT2D eigenvalue weighted by Gasteiger charge is -2.11. The molecule has 138 valence electrons. The number of nitro benzene ring substituents is 1. The fraction of sp³-hybridized carbons (Fsp3) is 0.0625. The number of nitrogens with one attached hydrogen (secondary N) is 3. The number of hydrogen-bond donors (Lipinski definition) is 3. The molecule has 0 bridgehead atoms. The Kier molecular flexibility index (Phi) is 4.50. The van der Waals surface area contributed by atoms with Crippen LogP contribution in [0.2, 0.25) is 0 Å². The van der Waals surface area contributed by atoms with Crippen molar-refractivity contribution in [1.29, 1.82) is 0 Å². The Morgan fingerprint density at radius 1 is 1.11 bits per heavy atom. The first-order valence-corrected chi connectivity index (χ1v) is 7.46. The standard InChI is InChI=1S/C16H11F2N5O4/c1-7(24)19-13-5-10(17)11(18)6-14(13)20-16(25)15-9-4-8(23(26)27)2-3-12(9)21-22-15/h2-6H,1H3,(H,19,24)(H,20,25)(H,21,22). The Morgan fingerprint density at radius 2 is 1.74 bits per heavy atom. The molecule has 1 heterocycles. The van der Waals surface area contributed by atoms with Crippen molar-refractivity contribution in [2.75, 3.05) is 10.6 Å². The highest BCUT2D eigenvalue weighted by atomic mass is 19.2. The first-order chi connectivity index (χ1) is 12.8. The molecule has 3 rings (SSSR count). The van der Waals surface area contributed by atoms with E-state index in [0.717, 1.165) is 19.1 Å². The molecule has 9 nitrogen and oxygen atoms in total. The molecule has 2 aromatic carbocycles. The summed E-state index contributed by atoms with van der Waals surface area (Å²) >= 11 is 0. The fourth-order valence-corrected chi connectivity index (χ4v) is 2.41. The number of rotatable bonds is 4. The van der Waals surface area contributed by atoms with Crippen molar-refractivity contribution in [3.8, 4) is 0 Å². The number of fused-ring (bicyclic) bond motifs is 1. The minimum Gasteiger partial charge on any atom is -0.324 e. The van der Waals surface area contributed by atoms with Crippen LogP contribution in [0.25, 0.3) is 10.9 Å². The molecule has 0 aliphatic carbocycles. The molecular weight excluding hydrogens is 364 g/mol. The molecule has 0 radical (unpaired) electrons. The highest BCUT2D eigenvalue weighted by Crippen LogP contribution is 2.27. The van der Waals surface area contributed by atoms with Crippen molar-refractivity contribution in [3.05, 3.63) is 57.8 Å². The number of carbonyl (C=O) groups excluding carboxylic acids is 2. The van der Waals surface area contributed by atoms with E-state index in [9.17, 15) is 28.5 Å². The molecule has 0 atom stereocenters. The summed E-state index contributed by atoms with van der Waals surface area (Å²) in [5, 5.41) is 22.0. The quantitative estimate of drug-likeness (QED) is 0.477. The third-order valence-corrected chi connectivity index (χ3v) is 3.59. The van der Waals surface area contributed by atoms with Crippen LogP contribution in [0, 0.1) is 21.7 Å². The number of amides is 2. The van der Waals surface area contributed by atoms with Crippen molar-refractivity contribution in [2.24, 2.45) is 0 Å². The summed E-state index contributed by atoms with van der Waals surface area (Å²) in [7, 11) is 0. The molecule has 0 aliphatic heterocycles. The van der Waals surface area contributed by atoms with E-state index < -0.39 is 28.4 Å². The normalized spacial score (nSPS) is 10.6. The third kappa shape index (κ3) is 3.56. The fourth-order valence-electron chi connectivity index (χ4n) is 2.41. The van der Waals surface area contributed by atoms with E-state index in [4.69, 9.17) is 0 Å². The van der Waals surface area contributed by atoms with E-state index in [1.165, 1.54) is 12.1 Å². The van der Waals surface area contributed by atoms with Gasteiger partial charge in [0.05, 0.1) is 21.8 Å². The van der Waals surface area contributed by atoms with Crippen molar-refractivity contribution in [1.82, 2.24) is 10.2 Å². The Hall–Kier alpha value is -3.89. The van der Waals surface area contributed by atoms with Crippen molar-refractivity contribution in [2.45, 2.75) is 6.92 Å². The Morgan fingerprint density at radius 3 is 2.33 bits per heavy atom. The lowest BCUT2D eigenvalue weighted by atomic mass is 10.1. The first-order valence-electron chi connectivity index (χ1n) is 7.46. The average Bonchev–Trinajstić information content (AvgIpc) is 3.02. The summed E-state index contributed by atoms with van der Waals surface area (Å²) in [6.45, 7) is 1.16. The molecule has 0 aliphatic rings. The van der Waals surface area contributed by atoms with Gasteiger partial charge in [0.1, 0.15) is 0 Å². The monoisotopic (exact) mass is 375 g/mol. The lowest BCUT2D eigenvalue weighted by molar-refractivity contribution is -0.384. The molecule has 0 saturated heterocycles. The molecule has 11 heteroatoms. The maximum Gasteiger partial charge on any atom is 0.276 e. The zero-order valence-electron chi connectivity index (χ0n) is 13.7. The summed E-state index contributed by atoms with van der Waals surface area (Å²) in [5.74, 6) is -3.84. The van der Waals surface area contributed by atoms with Crippen LogP contribution in [0.5, 0.6) is 0 Å². The number of nitrogens with zero attached hydrogens (tertiary/aromatic N) is 2. The van der Waals surface area contributed by atoms with Crippen LogP contribution in [-0.4, -0.2) is 26.9 Å². The summed E-state index contributed by atoms with van der Waals surface area (Å²) in [6, 6.07) is 5.22. The number of aromatic nitrogens is 2. The molecule has 0 unspecified atom stereocenters. The number of carbonyl (C=O) groups is 2. The Labute approximate surface area is 149 Å². The van der Waals surface area contributed by atoms with Gasteiger partial charge in [0.2, 0.25) is 5.91 Å². The van der Waals surface area contributed by atoms with E-state index in [1.807, 2.05) is 0 Å². The number of H-pyrrole nitrogens is 1. The number of non-ortho nitro benzene ring substituents is 1. The van der Waals surface area contributed by atoms with Gasteiger partial charge >= 0.3 is 0 Å². The molecule has 3 aromatic rings. The summed E-state index contributed by atoms with van der Waals surface area (Å²) < 4.78 is 27.0. The van der Waals surface area contributed by atoms with Crippen LogP contribution >= 0.6 is 0 Å². The highest BCUT2D eigenvalue weighted by molar-refractivity contribution is 6.12. The van der Waals surface area contributed by atoms with Gasteiger partial charge in [-0.2, -0.15) is 5.10 Å². The van der Waals surface area contributed by atoms with E-state index >= 15 is 0 Å². The van der Waals surface area contributed by atoms with E-state index in [0.29, 0.717) is 11.6 Å². The van der Waals surface area contributed by atoms with E-state index in [-0.39, 0.29) is 28.1 Å². The second-order valence-corrected chi connectivity index (χ2v) is 5.51. The molecule has 3 N–H and O–H groups in total.